The molecule has 0 aromatic carbocycles. The van der Waals surface area contributed by atoms with E-state index in [1.54, 1.807) is 6.92 Å². The summed E-state index contributed by atoms with van der Waals surface area (Å²) >= 11 is 0. The van der Waals surface area contributed by atoms with Crippen molar-refractivity contribution in [1.29, 1.82) is 0 Å². The topological polar surface area (TPSA) is 37.3 Å². The molecule has 0 saturated heterocycles. The van der Waals surface area contributed by atoms with Gasteiger partial charge in [-0.2, -0.15) is 0 Å². The van der Waals surface area contributed by atoms with Crippen LogP contribution in [0.15, 0.2) is 34.9 Å². The maximum atomic E-state index is 10.7. The van der Waals surface area contributed by atoms with Gasteiger partial charge < -0.3 is 5.11 Å². The minimum absolute atomic E-state index is 0.286. The number of allylic oxidation sites excluding steroid dienone is 6. The fourth-order valence-electron chi connectivity index (χ4n) is 1.82. The van der Waals surface area contributed by atoms with Gasteiger partial charge >= 0.3 is 5.97 Å². The third kappa shape index (κ3) is 10.6. The molecule has 2 heteroatoms. The fraction of sp³-hybridized carbons (Fsp3) is 0.611. The van der Waals surface area contributed by atoms with Gasteiger partial charge in [0.15, 0.2) is 0 Å². The molecule has 0 fully saturated rings. The van der Waals surface area contributed by atoms with Crippen molar-refractivity contribution in [2.75, 3.05) is 0 Å². The van der Waals surface area contributed by atoms with Crippen molar-refractivity contribution in [1.82, 2.24) is 0 Å². The number of rotatable bonds is 9. The number of hydrogen-bond acceptors (Lipinski definition) is 1. The zero-order chi connectivity index (χ0) is 15.5. The predicted molar refractivity (Wildman–Crippen MR) is 86.8 cm³/mol. The van der Waals surface area contributed by atoms with Gasteiger partial charge in [-0.25, -0.2) is 0 Å². The summed E-state index contributed by atoms with van der Waals surface area (Å²) in [5.74, 6) is -1.00. The highest BCUT2D eigenvalue weighted by Gasteiger charge is 2.08. The largest absolute Gasteiger partial charge is 0.481 e. The highest BCUT2D eigenvalue weighted by atomic mass is 16.4. The molecule has 0 aromatic heterocycles. The van der Waals surface area contributed by atoms with Crippen LogP contribution in [-0.2, 0) is 4.79 Å². The van der Waals surface area contributed by atoms with Crippen LogP contribution in [0, 0.1) is 5.92 Å². The Morgan fingerprint density at radius 3 is 1.95 bits per heavy atom. The van der Waals surface area contributed by atoms with E-state index >= 15 is 0 Å². The Hall–Kier alpha value is -1.31. The van der Waals surface area contributed by atoms with Crippen LogP contribution in [0.2, 0.25) is 0 Å². The van der Waals surface area contributed by atoms with Crippen molar-refractivity contribution in [3.05, 3.63) is 34.9 Å². The Bertz CT molecular complexity index is 382. The average molecular weight is 278 g/mol. The minimum Gasteiger partial charge on any atom is -0.481 e. The Balaban J connectivity index is 3.99. The molecule has 0 radical (unpaired) electrons. The highest BCUT2D eigenvalue weighted by Crippen LogP contribution is 2.13. The van der Waals surface area contributed by atoms with Crippen molar-refractivity contribution in [2.24, 2.45) is 5.92 Å². The molecule has 0 aliphatic carbocycles. The number of carboxylic acids is 1. The molecule has 0 bridgehead atoms. The molecule has 114 valence electrons. The fourth-order valence-corrected chi connectivity index (χ4v) is 1.82. The van der Waals surface area contributed by atoms with Gasteiger partial charge in [-0.3, -0.25) is 4.79 Å². The summed E-state index contributed by atoms with van der Waals surface area (Å²) < 4.78 is 0. The molecule has 0 aliphatic heterocycles. The Kier molecular flexibility index (Phi) is 9.79. The van der Waals surface area contributed by atoms with Gasteiger partial charge in [-0.15, -0.1) is 0 Å². The molecule has 0 aromatic rings. The summed E-state index contributed by atoms with van der Waals surface area (Å²) in [6.45, 7) is 10.3. The van der Waals surface area contributed by atoms with Gasteiger partial charge in [0.25, 0.3) is 0 Å². The van der Waals surface area contributed by atoms with Crippen molar-refractivity contribution in [2.45, 2.75) is 66.7 Å². The highest BCUT2D eigenvalue weighted by molar-refractivity contribution is 5.69. The smallest absolute Gasteiger partial charge is 0.306 e. The Morgan fingerprint density at radius 2 is 1.45 bits per heavy atom. The molecule has 0 heterocycles. The van der Waals surface area contributed by atoms with Gasteiger partial charge in [-0.05, 0) is 59.8 Å². The summed E-state index contributed by atoms with van der Waals surface area (Å²) in [7, 11) is 0. The quantitative estimate of drug-likeness (QED) is 0.564. The lowest BCUT2D eigenvalue weighted by molar-refractivity contribution is -0.140. The first-order valence-electron chi connectivity index (χ1n) is 7.50. The maximum absolute atomic E-state index is 10.7. The van der Waals surface area contributed by atoms with Crippen molar-refractivity contribution in [3.63, 3.8) is 0 Å². The van der Waals surface area contributed by atoms with Gasteiger partial charge in [-0.1, -0.05) is 41.9 Å². The molecule has 0 rings (SSSR count). The van der Waals surface area contributed by atoms with E-state index in [-0.39, 0.29) is 5.92 Å². The van der Waals surface area contributed by atoms with Crippen molar-refractivity contribution >= 4 is 5.97 Å². The van der Waals surface area contributed by atoms with Crippen LogP contribution in [-0.4, -0.2) is 11.1 Å². The molecular weight excluding hydrogens is 248 g/mol. The summed E-state index contributed by atoms with van der Waals surface area (Å²) in [6, 6.07) is 0. The van der Waals surface area contributed by atoms with Crippen LogP contribution in [0.1, 0.15) is 66.7 Å². The number of carboxylic acid groups (broad SMARTS) is 1. The molecule has 0 aliphatic rings. The van der Waals surface area contributed by atoms with Crippen LogP contribution in [0.4, 0.5) is 0 Å². The minimum atomic E-state index is -0.718. The van der Waals surface area contributed by atoms with Gasteiger partial charge in [0, 0.05) is 0 Å². The first-order valence-corrected chi connectivity index (χ1v) is 7.50. The molecule has 0 saturated carbocycles. The summed E-state index contributed by atoms with van der Waals surface area (Å²) in [5.41, 5.74) is 4.10. The van der Waals surface area contributed by atoms with Crippen LogP contribution in [0.3, 0.4) is 0 Å². The molecular formula is C18H30O2. The Morgan fingerprint density at radius 1 is 0.950 bits per heavy atom. The number of aliphatic carboxylic acids is 1. The lowest BCUT2D eigenvalue weighted by atomic mass is 10.0. The zero-order valence-corrected chi connectivity index (χ0v) is 13.7. The summed E-state index contributed by atoms with van der Waals surface area (Å²) in [4.78, 5) is 10.7. The lowest BCUT2D eigenvalue weighted by Crippen LogP contribution is -2.07. The second-order valence-electron chi connectivity index (χ2n) is 5.93. The average Bonchev–Trinajstić information content (AvgIpc) is 2.35. The molecule has 20 heavy (non-hydrogen) atoms. The van der Waals surface area contributed by atoms with E-state index in [9.17, 15) is 4.79 Å². The van der Waals surface area contributed by atoms with E-state index in [1.165, 1.54) is 16.7 Å². The van der Waals surface area contributed by atoms with E-state index in [0.29, 0.717) is 6.42 Å². The molecule has 0 spiro atoms. The third-order valence-electron chi connectivity index (χ3n) is 3.36. The van der Waals surface area contributed by atoms with Gasteiger partial charge in [0.2, 0.25) is 0 Å². The van der Waals surface area contributed by atoms with Crippen molar-refractivity contribution < 1.29 is 9.90 Å². The second kappa shape index (κ2) is 10.5. The molecule has 1 atom stereocenters. The van der Waals surface area contributed by atoms with E-state index < -0.39 is 5.97 Å². The van der Waals surface area contributed by atoms with Gasteiger partial charge in [0.1, 0.15) is 0 Å². The Labute approximate surface area is 124 Å². The standard InChI is InChI=1S/C18H30O2/c1-14(2)8-6-9-15(3)10-7-11-16(4)12-13-17(5)18(19)20/h8,10,12,17H,6-7,9,11,13H2,1-5H3,(H,19,20). The summed E-state index contributed by atoms with van der Waals surface area (Å²) in [5, 5.41) is 8.82. The number of carbonyl (C=O) groups is 1. The van der Waals surface area contributed by atoms with Crippen LogP contribution in [0.5, 0.6) is 0 Å². The zero-order valence-electron chi connectivity index (χ0n) is 13.7. The van der Waals surface area contributed by atoms with E-state index in [1.807, 2.05) is 0 Å². The molecule has 0 amide bonds. The van der Waals surface area contributed by atoms with E-state index in [4.69, 9.17) is 5.11 Å². The van der Waals surface area contributed by atoms with Crippen LogP contribution >= 0.6 is 0 Å². The monoisotopic (exact) mass is 278 g/mol. The van der Waals surface area contributed by atoms with Crippen molar-refractivity contribution in [3.8, 4) is 0 Å². The van der Waals surface area contributed by atoms with Crippen LogP contribution < -0.4 is 0 Å². The lowest BCUT2D eigenvalue weighted by Gasteiger charge is -2.04. The predicted octanol–water partition coefficient (Wildman–Crippen LogP) is 5.52. The first kappa shape index (κ1) is 18.7. The molecule has 1 unspecified atom stereocenters. The molecule has 2 nitrogen and oxygen atoms in total. The third-order valence-corrected chi connectivity index (χ3v) is 3.36. The maximum Gasteiger partial charge on any atom is 0.306 e. The summed E-state index contributed by atoms with van der Waals surface area (Å²) in [6.07, 6.45) is 11.6. The van der Waals surface area contributed by atoms with Gasteiger partial charge in [0.05, 0.1) is 5.92 Å². The number of hydrogen-bond donors (Lipinski definition) is 1. The molecule has 1 N–H and O–H groups in total. The van der Waals surface area contributed by atoms with E-state index in [2.05, 4.69) is 45.9 Å². The first-order chi connectivity index (χ1) is 9.32. The SMILES string of the molecule is CC(C)=CCCC(C)=CCCC(C)=CCC(C)C(=O)O. The van der Waals surface area contributed by atoms with Crippen LogP contribution in [0.25, 0.3) is 0 Å². The van der Waals surface area contributed by atoms with E-state index in [0.717, 1.165) is 25.7 Å². The normalized spacial score (nSPS) is 14.1. The second-order valence-corrected chi connectivity index (χ2v) is 5.93.